The van der Waals surface area contributed by atoms with Crippen molar-refractivity contribution in [2.75, 3.05) is 0 Å². The molecule has 0 aliphatic carbocycles. The molecule has 0 aliphatic heterocycles. The largest absolute Gasteiger partial charge is 3.00 e. The van der Waals surface area contributed by atoms with Crippen LogP contribution < -0.4 is 16.4 Å². The van der Waals surface area contributed by atoms with Crippen LogP contribution in [-0.4, -0.2) is 6.16 Å². The summed E-state index contributed by atoms with van der Waals surface area (Å²) in [4.78, 5) is 8.33. The van der Waals surface area contributed by atoms with Crippen molar-refractivity contribution in [3.05, 3.63) is 0 Å². The molecule has 0 atom stereocenters. The normalized spacial score (nSPS) is 4.00. The molecule has 0 amide bonds. The summed E-state index contributed by atoms with van der Waals surface area (Å²) in [5, 5.41) is 16.7. The van der Waals surface area contributed by atoms with Crippen molar-refractivity contribution in [3.8, 4) is 0 Å². The number of carboxylic acid groups (broad SMARTS) is 2. The standard InChI is InChI=1S/CH2O3.Fe.H3N/c2-1(3)4;;/h(H2,2,3,4);;1H3/q;+3;/p-1. The van der Waals surface area contributed by atoms with E-state index in [9.17, 15) is 0 Å². The molecule has 0 bridgehead atoms. The summed E-state index contributed by atoms with van der Waals surface area (Å²) in [6, 6.07) is 0. The van der Waals surface area contributed by atoms with Gasteiger partial charge in [-0.05, 0) is 6.16 Å². The number of hydrogen-bond donors (Lipinski definition) is 1. The molecule has 0 fully saturated rings. The quantitative estimate of drug-likeness (QED) is 0.385. The zero-order valence-corrected chi connectivity index (χ0v) is 4.18. The van der Waals surface area contributed by atoms with Gasteiger partial charge in [-0.1, -0.05) is 0 Å². The second kappa shape index (κ2) is 8.83. The molecule has 0 saturated heterocycles. The Morgan fingerprint density at radius 1 is 1.33 bits per heavy atom. The predicted octanol–water partition coefficient (Wildman–Crippen LogP) is -2.07. The maximum absolute atomic E-state index is 8.33. The van der Waals surface area contributed by atoms with Gasteiger partial charge in [-0.3, -0.25) is 0 Å². The minimum atomic E-state index is -2.33. The molecule has 0 heterocycles. The molecule has 4 N–H and O–H groups in total. The van der Waals surface area contributed by atoms with Crippen molar-refractivity contribution in [1.29, 1.82) is 0 Å². The molecule has 0 aromatic carbocycles. The fourth-order valence-electron chi connectivity index (χ4n) is 0. The first-order chi connectivity index (χ1) is 1.73. The van der Waals surface area contributed by atoms with Gasteiger partial charge in [0.05, 0.1) is 0 Å². The van der Waals surface area contributed by atoms with E-state index < -0.39 is 6.16 Å². The Hall–Kier alpha value is -0.251. The number of rotatable bonds is 0. The van der Waals surface area contributed by atoms with Crippen LogP contribution in [0.2, 0.25) is 0 Å². The molecule has 0 saturated carbocycles. The van der Waals surface area contributed by atoms with Gasteiger partial charge in [0.15, 0.2) is 0 Å². The molecule has 0 rings (SSSR count). The van der Waals surface area contributed by atoms with E-state index in [1.807, 2.05) is 0 Å². The summed E-state index contributed by atoms with van der Waals surface area (Å²) in [7, 11) is 0. The van der Waals surface area contributed by atoms with Crippen LogP contribution in [0.3, 0.4) is 0 Å². The van der Waals surface area contributed by atoms with E-state index in [0.717, 1.165) is 0 Å². The Labute approximate surface area is 45.2 Å². The molecule has 1 radical (unpaired) electrons. The van der Waals surface area contributed by atoms with Crippen molar-refractivity contribution in [3.63, 3.8) is 0 Å². The van der Waals surface area contributed by atoms with E-state index in [2.05, 4.69) is 0 Å². The molecular weight excluding hydrogens is 130 g/mol. The average molecular weight is 134 g/mol. The molecule has 0 unspecified atom stereocenters. The molecule has 5 heteroatoms. The Balaban J connectivity index is -0.0000000450. The van der Waals surface area contributed by atoms with Crippen LogP contribution >= 0.6 is 0 Å². The Bertz CT molecular complexity index is 33.8. The molecular formula is CH4FeNO3+2. The summed E-state index contributed by atoms with van der Waals surface area (Å²) in [6.07, 6.45) is -2.33. The Morgan fingerprint density at radius 2 is 1.33 bits per heavy atom. The summed E-state index contributed by atoms with van der Waals surface area (Å²) < 4.78 is 0. The van der Waals surface area contributed by atoms with Gasteiger partial charge >= 0.3 is 17.1 Å². The van der Waals surface area contributed by atoms with Crippen molar-refractivity contribution >= 4 is 6.16 Å². The number of carbonyl (C=O) groups excluding carboxylic acids is 1. The summed E-state index contributed by atoms with van der Waals surface area (Å²) in [5.41, 5.74) is 0. The summed E-state index contributed by atoms with van der Waals surface area (Å²) in [5.74, 6) is 0. The van der Waals surface area contributed by atoms with Gasteiger partial charge in [0.2, 0.25) is 0 Å². The zero-order chi connectivity index (χ0) is 3.58. The van der Waals surface area contributed by atoms with Gasteiger partial charge in [0, 0.05) is 0 Å². The minimum absolute atomic E-state index is 0. The SMILES string of the molecule is O=C([O-])[O-].[Fe+3].[NH4+]. The van der Waals surface area contributed by atoms with Crippen molar-refractivity contribution in [2.45, 2.75) is 0 Å². The third-order valence-corrected chi connectivity index (χ3v) is 0. The van der Waals surface area contributed by atoms with Crippen molar-refractivity contribution in [1.82, 2.24) is 6.15 Å². The third kappa shape index (κ3) is 452. The second-order valence-corrected chi connectivity index (χ2v) is 0.250. The van der Waals surface area contributed by atoms with Crippen LogP contribution in [0, 0.1) is 0 Å². The molecule has 37 valence electrons. The molecule has 0 aromatic rings. The van der Waals surface area contributed by atoms with E-state index in [1.165, 1.54) is 0 Å². The first-order valence-electron chi connectivity index (χ1n) is 0.612. The van der Waals surface area contributed by atoms with Crippen LogP contribution in [0.1, 0.15) is 0 Å². The van der Waals surface area contributed by atoms with E-state index in [1.54, 1.807) is 0 Å². The topological polar surface area (TPSA) is 99.7 Å². The van der Waals surface area contributed by atoms with E-state index in [0.29, 0.717) is 0 Å². The van der Waals surface area contributed by atoms with Gasteiger partial charge in [-0.2, -0.15) is 0 Å². The smallest absolute Gasteiger partial charge is 0.652 e. The molecule has 0 spiro atoms. The summed E-state index contributed by atoms with van der Waals surface area (Å²) in [6.45, 7) is 0. The van der Waals surface area contributed by atoms with E-state index in [-0.39, 0.29) is 23.2 Å². The van der Waals surface area contributed by atoms with Crippen LogP contribution in [-0.2, 0) is 17.1 Å². The van der Waals surface area contributed by atoms with Gasteiger partial charge in [-0.25, -0.2) is 0 Å². The minimum Gasteiger partial charge on any atom is -0.652 e. The van der Waals surface area contributed by atoms with Gasteiger partial charge < -0.3 is 21.2 Å². The maximum Gasteiger partial charge on any atom is 3.00 e. The second-order valence-electron chi connectivity index (χ2n) is 0.250. The fraction of sp³-hybridized carbons (Fsp3) is 0. The summed E-state index contributed by atoms with van der Waals surface area (Å²) >= 11 is 0. The Kier molecular flexibility index (Phi) is 25.3. The fourth-order valence-corrected chi connectivity index (χ4v) is 0. The molecule has 0 aliphatic rings. The first-order valence-corrected chi connectivity index (χ1v) is 0.612. The maximum atomic E-state index is 8.33. The average Bonchev–Trinajstić information content (AvgIpc) is 0.811. The zero-order valence-electron chi connectivity index (χ0n) is 3.08. The molecule has 6 heavy (non-hydrogen) atoms. The number of hydrogen-bond acceptors (Lipinski definition) is 3. The monoisotopic (exact) mass is 134 g/mol. The number of quaternary nitrogens is 1. The van der Waals surface area contributed by atoms with Crippen molar-refractivity contribution in [2.24, 2.45) is 0 Å². The van der Waals surface area contributed by atoms with Crippen LogP contribution in [0.5, 0.6) is 0 Å². The van der Waals surface area contributed by atoms with E-state index >= 15 is 0 Å². The number of carbonyl (C=O) groups is 1. The van der Waals surface area contributed by atoms with Crippen LogP contribution in [0.4, 0.5) is 4.79 Å². The molecule has 0 aromatic heterocycles. The first kappa shape index (κ1) is 17.2. The third-order valence-electron chi connectivity index (χ3n) is 0. The van der Waals surface area contributed by atoms with Gasteiger partial charge in [0.25, 0.3) is 0 Å². The van der Waals surface area contributed by atoms with Crippen LogP contribution in [0.15, 0.2) is 0 Å². The Morgan fingerprint density at radius 3 is 1.33 bits per heavy atom. The van der Waals surface area contributed by atoms with Gasteiger partial charge in [-0.15, -0.1) is 0 Å². The molecule has 4 nitrogen and oxygen atoms in total. The van der Waals surface area contributed by atoms with Gasteiger partial charge in [0.1, 0.15) is 0 Å². The van der Waals surface area contributed by atoms with Crippen LogP contribution in [0.25, 0.3) is 0 Å². The van der Waals surface area contributed by atoms with Crippen molar-refractivity contribution < 1.29 is 32.1 Å². The van der Waals surface area contributed by atoms with E-state index in [4.69, 9.17) is 15.0 Å². The predicted molar refractivity (Wildman–Crippen MR) is 11.4 cm³/mol.